The molecule has 0 radical (unpaired) electrons. The Morgan fingerprint density at radius 2 is 2.12 bits per heavy atom. The van der Waals surface area contributed by atoms with E-state index in [4.69, 9.17) is 11.6 Å². The number of likely N-dealkylation sites (tertiary alicyclic amines) is 1. The van der Waals surface area contributed by atoms with Gasteiger partial charge in [0.1, 0.15) is 0 Å². The number of allylic oxidation sites excluding steroid dienone is 1. The molecule has 0 spiro atoms. The van der Waals surface area contributed by atoms with E-state index in [0.717, 1.165) is 56.0 Å². The number of amides is 1. The zero-order chi connectivity index (χ0) is 17.5. The Labute approximate surface area is 156 Å². The third kappa shape index (κ3) is 5.58. The number of rotatable bonds is 6. The minimum Gasteiger partial charge on any atom is -0.356 e. The van der Waals surface area contributed by atoms with Crippen molar-refractivity contribution in [3.05, 3.63) is 46.5 Å². The van der Waals surface area contributed by atoms with Crippen molar-refractivity contribution in [3.8, 4) is 0 Å². The number of benzene rings is 1. The van der Waals surface area contributed by atoms with E-state index in [1.54, 1.807) is 0 Å². The lowest BCUT2D eigenvalue weighted by molar-refractivity contribution is -0.126. The molecule has 0 saturated carbocycles. The van der Waals surface area contributed by atoms with Crippen LogP contribution in [0.3, 0.4) is 0 Å². The van der Waals surface area contributed by atoms with Crippen LogP contribution >= 0.6 is 11.6 Å². The fourth-order valence-electron chi connectivity index (χ4n) is 3.90. The van der Waals surface area contributed by atoms with E-state index in [2.05, 4.69) is 22.4 Å². The molecule has 1 aromatic carbocycles. The first-order chi connectivity index (χ1) is 12.2. The number of hydrogen-bond acceptors (Lipinski definition) is 2. The van der Waals surface area contributed by atoms with Gasteiger partial charge in [-0.05, 0) is 63.1 Å². The van der Waals surface area contributed by atoms with Crippen LogP contribution in [-0.2, 0) is 11.3 Å². The van der Waals surface area contributed by atoms with Crippen LogP contribution < -0.4 is 5.32 Å². The Morgan fingerprint density at radius 1 is 1.24 bits per heavy atom. The number of piperidine rings is 1. The van der Waals surface area contributed by atoms with Crippen molar-refractivity contribution >= 4 is 17.5 Å². The Balaban J connectivity index is 1.44. The quantitative estimate of drug-likeness (QED) is 0.754. The Hall–Kier alpha value is -1.32. The Kier molecular flexibility index (Phi) is 6.94. The van der Waals surface area contributed by atoms with E-state index in [1.165, 1.54) is 31.3 Å². The molecule has 1 aromatic rings. The minimum absolute atomic E-state index is 0.108. The number of hydrogen-bond donors (Lipinski definition) is 1. The van der Waals surface area contributed by atoms with Crippen LogP contribution in [0.2, 0.25) is 5.02 Å². The van der Waals surface area contributed by atoms with Crippen molar-refractivity contribution in [2.24, 2.45) is 5.92 Å². The minimum atomic E-state index is 0.108. The molecule has 1 aliphatic carbocycles. The van der Waals surface area contributed by atoms with E-state index in [-0.39, 0.29) is 11.8 Å². The maximum Gasteiger partial charge on any atom is 0.224 e. The molecule has 0 aromatic heterocycles. The highest BCUT2D eigenvalue weighted by Crippen LogP contribution is 2.23. The van der Waals surface area contributed by atoms with Gasteiger partial charge in [0.25, 0.3) is 0 Å². The highest BCUT2D eigenvalue weighted by molar-refractivity contribution is 6.31. The lowest BCUT2D eigenvalue weighted by Gasteiger charge is -2.32. The number of halogens is 1. The number of nitrogens with one attached hydrogen (secondary N) is 1. The summed E-state index contributed by atoms with van der Waals surface area (Å²) >= 11 is 6.27. The Morgan fingerprint density at radius 3 is 2.92 bits per heavy atom. The molecule has 136 valence electrons. The normalized spacial score (nSPS) is 21.6. The summed E-state index contributed by atoms with van der Waals surface area (Å²) in [6, 6.07) is 7.99. The lowest BCUT2D eigenvalue weighted by Crippen LogP contribution is -2.43. The van der Waals surface area contributed by atoms with E-state index in [0.29, 0.717) is 0 Å². The number of carbonyl (C=O) groups is 1. The van der Waals surface area contributed by atoms with Crippen molar-refractivity contribution < 1.29 is 4.79 Å². The fourth-order valence-corrected chi connectivity index (χ4v) is 4.10. The molecule has 2 aliphatic rings. The predicted molar refractivity (Wildman–Crippen MR) is 104 cm³/mol. The molecule has 0 bridgehead atoms. The van der Waals surface area contributed by atoms with Crippen molar-refractivity contribution in [3.63, 3.8) is 0 Å². The molecular weight excluding hydrogens is 332 g/mol. The molecule has 1 heterocycles. The molecule has 1 saturated heterocycles. The second-order valence-corrected chi connectivity index (χ2v) is 7.72. The third-order valence-corrected chi connectivity index (χ3v) is 5.73. The number of carbonyl (C=O) groups excluding carboxylic acids is 1. The summed E-state index contributed by atoms with van der Waals surface area (Å²) in [5, 5.41) is 3.98. The van der Waals surface area contributed by atoms with Gasteiger partial charge in [0, 0.05) is 24.7 Å². The maximum atomic E-state index is 12.5. The standard InChI is InChI=1S/C21H29ClN2O/c22-20-11-5-4-9-18(20)15-24-14-6-10-19(16-24)21(25)23-13-12-17-7-2-1-3-8-17/h4-5,7,9,11,19H,1-3,6,8,10,12-16H2,(H,23,25)/t19-/m0/s1. The summed E-state index contributed by atoms with van der Waals surface area (Å²) in [5.74, 6) is 0.330. The second-order valence-electron chi connectivity index (χ2n) is 7.31. The van der Waals surface area contributed by atoms with Crippen molar-refractivity contribution in [1.82, 2.24) is 10.2 Å². The summed E-state index contributed by atoms with van der Waals surface area (Å²) in [5.41, 5.74) is 2.67. The smallest absolute Gasteiger partial charge is 0.224 e. The van der Waals surface area contributed by atoms with Gasteiger partial charge in [0.15, 0.2) is 0 Å². The van der Waals surface area contributed by atoms with Crippen molar-refractivity contribution in [2.45, 2.75) is 51.5 Å². The van der Waals surface area contributed by atoms with E-state index >= 15 is 0 Å². The van der Waals surface area contributed by atoms with Gasteiger partial charge in [-0.1, -0.05) is 41.4 Å². The predicted octanol–water partition coefficient (Wildman–Crippen LogP) is 4.56. The number of nitrogens with zero attached hydrogens (tertiary/aromatic N) is 1. The summed E-state index contributed by atoms with van der Waals surface area (Å²) < 4.78 is 0. The molecule has 0 unspecified atom stereocenters. The maximum absolute atomic E-state index is 12.5. The average molecular weight is 361 g/mol. The van der Waals surface area contributed by atoms with Crippen LogP contribution in [0, 0.1) is 5.92 Å². The van der Waals surface area contributed by atoms with Gasteiger partial charge in [-0.3, -0.25) is 9.69 Å². The average Bonchev–Trinajstić information content (AvgIpc) is 2.65. The molecule has 3 nitrogen and oxygen atoms in total. The summed E-state index contributed by atoms with van der Waals surface area (Å²) in [7, 11) is 0. The third-order valence-electron chi connectivity index (χ3n) is 5.36. The van der Waals surface area contributed by atoms with Crippen molar-refractivity contribution in [2.75, 3.05) is 19.6 Å². The van der Waals surface area contributed by atoms with Crippen LogP contribution in [0.4, 0.5) is 0 Å². The van der Waals surface area contributed by atoms with Crippen LogP contribution in [-0.4, -0.2) is 30.4 Å². The van der Waals surface area contributed by atoms with E-state index in [1.807, 2.05) is 18.2 Å². The molecule has 1 amide bonds. The zero-order valence-corrected chi connectivity index (χ0v) is 15.7. The van der Waals surface area contributed by atoms with Gasteiger partial charge in [-0.15, -0.1) is 0 Å². The molecular formula is C21H29ClN2O. The van der Waals surface area contributed by atoms with Gasteiger partial charge < -0.3 is 5.32 Å². The molecule has 1 aliphatic heterocycles. The zero-order valence-electron chi connectivity index (χ0n) is 15.0. The van der Waals surface area contributed by atoms with Crippen LogP contribution in [0.1, 0.15) is 50.5 Å². The first-order valence-electron chi connectivity index (χ1n) is 9.64. The van der Waals surface area contributed by atoms with Gasteiger partial charge in [0.05, 0.1) is 5.92 Å². The Bertz CT molecular complexity index is 614. The van der Waals surface area contributed by atoms with Crippen molar-refractivity contribution in [1.29, 1.82) is 0 Å². The summed E-state index contributed by atoms with van der Waals surface area (Å²) in [6.07, 6.45) is 10.5. The van der Waals surface area contributed by atoms with Gasteiger partial charge in [-0.2, -0.15) is 0 Å². The second kappa shape index (κ2) is 9.40. The first kappa shape index (κ1) is 18.5. The highest BCUT2D eigenvalue weighted by atomic mass is 35.5. The van der Waals surface area contributed by atoms with Crippen LogP contribution in [0.25, 0.3) is 0 Å². The monoisotopic (exact) mass is 360 g/mol. The topological polar surface area (TPSA) is 32.3 Å². The van der Waals surface area contributed by atoms with Gasteiger partial charge in [0.2, 0.25) is 5.91 Å². The van der Waals surface area contributed by atoms with Crippen LogP contribution in [0.15, 0.2) is 35.9 Å². The van der Waals surface area contributed by atoms with Crippen LogP contribution in [0.5, 0.6) is 0 Å². The highest BCUT2D eigenvalue weighted by Gasteiger charge is 2.25. The molecule has 1 N–H and O–H groups in total. The lowest BCUT2D eigenvalue weighted by atomic mass is 9.95. The molecule has 25 heavy (non-hydrogen) atoms. The largest absolute Gasteiger partial charge is 0.356 e. The van der Waals surface area contributed by atoms with Gasteiger partial charge in [-0.25, -0.2) is 0 Å². The summed E-state index contributed by atoms with van der Waals surface area (Å²) in [6.45, 7) is 3.49. The SMILES string of the molecule is O=C(NCCC1=CCCCC1)[C@H]1CCCN(Cc2ccccc2Cl)C1. The fraction of sp³-hybridized carbons (Fsp3) is 0.571. The van der Waals surface area contributed by atoms with Gasteiger partial charge >= 0.3 is 0 Å². The molecule has 1 fully saturated rings. The first-order valence-corrected chi connectivity index (χ1v) is 10.0. The molecule has 4 heteroatoms. The molecule has 3 rings (SSSR count). The summed E-state index contributed by atoms with van der Waals surface area (Å²) in [4.78, 5) is 14.9. The molecule has 1 atom stereocenters. The van der Waals surface area contributed by atoms with E-state index < -0.39 is 0 Å². The van der Waals surface area contributed by atoms with E-state index in [9.17, 15) is 4.79 Å².